The van der Waals surface area contributed by atoms with Crippen LogP contribution in [0.5, 0.6) is 0 Å². The molecule has 33 heavy (non-hydrogen) atoms. The summed E-state index contributed by atoms with van der Waals surface area (Å²) in [6.07, 6.45) is 8.17. The Kier molecular flexibility index (Phi) is 12.9. The van der Waals surface area contributed by atoms with E-state index in [9.17, 15) is 4.79 Å². The number of likely N-dealkylation sites (tertiary alicyclic amines) is 1. The Morgan fingerprint density at radius 1 is 1.03 bits per heavy atom. The van der Waals surface area contributed by atoms with E-state index in [1.165, 1.54) is 43.4 Å². The van der Waals surface area contributed by atoms with Gasteiger partial charge in [0.25, 0.3) is 5.91 Å². The molecule has 0 N–H and O–H groups in total. The Hall–Kier alpha value is -1.03. The van der Waals surface area contributed by atoms with Crippen molar-refractivity contribution in [2.75, 3.05) is 19.6 Å². The third kappa shape index (κ3) is 9.27. The van der Waals surface area contributed by atoms with Crippen LogP contribution in [0.4, 0.5) is 0 Å². The third-order valence-corrected chi connectivity index (χ3v) is 6.69. The molecule has 1 amide bonds. The standard InChI is InChI=1S/C29H41N2O.Y/c1-4-5-7-10-25-13-15-27(16-14-25)29(32)31(23-26-11-8-6-9-12-26)28-18-21-30(22-19-28)20-17-24(2)3;/h8-9,11-16,24,28H,4-5,7,10,17-23H2,1-3H3;/q-1;. The van der Waals surface area contributed by atoms with Crippen molar-refractivity contribution >= 4 is 5.91 Å². The fraction of sp³-hybridized carbons (Fsp3) is 0.552. The number of unbranched alkanes of at least 4 members (excludes halogenated alkanes) is 2. The molecule has 0 spiro atoms. The molecule has 2 aromatic rings. The number of hydrogen-bond donors (Lipinski definition) is 0. The summed E-state index contributed by atoms with van der Waals surface area (Å²) in [6, 6.07) is 19.8. The summed E-state index contributed by atoms with van der Waals surface area (Å²) in [6.45, 7) is 10.8. The van der Waals surface area contributed by atoms with Crippen LogP contribution in [0.1, 0.15) is 80.8 Å². The summed E-state index contributed by atoms with van der Waals surface area (Å²) in [5.74, 6) is 0.907. The molecule has 0 unspecified atom stereocenters. The van der Waals surface area contributed by atoms with Crippen LogP contribution in [-0.2, 0) is 45.7 Å². The largest absolute Gasteiger partial charge is 0.333 e. The Labute approximate surface area is 227 Å². The topological polar surface area (TPSA) is 23.6 Å². The summed E-state index contributed by atoms with van der Waals surface area (Å²) in [5.41, 5.74) is 3.32. The van der Waals surface area contributed by atoms with Gasteiger partial charge in [-0.05, 0) is 62.3 Å². The molecule has 1 aliphatic rings. The number of nitrogens with zero attached hydrogens (tertiary/aromatic N) is 2. The summed E-state index contributed by atoms with van der Waals surface area (Å²) in [7, 11) is 0. The van der Waals surface area contributed by atoms with Crippen LogP contribution in [0, 0.1) is 12.0 Å². The maximum Gasteiger partial charge on any atom is 0.254 e. The first kappa shape index (κ1) is 28.2. The molecule has 0 aliphatic carbocycles. The molecule has 1 heterocycles. The van der Waals surface area contributed by atoms with Crippen LogP contribution < -0.4 is 0 Å². The Morgan fingerprint density at radius 3 is 2.30 bits per heavy atom. The first-order valence-electron chi connectivity index (χ1n) is 12.6. The van der Waals surface area contributed by atoms with E-state index in [1.54, 1.807) is 0 Å². The van der Waals surface area contributed by atoms with Gasteiger partial charge in [-0.15, -0.1) is 5.56 Å². The summed E-state index contributed by atoms with van der Waals surface area (Å²) >= 11 is 0. The molecular weight excluding hydrogens is 481 g/mol. The predicted octanol–water partition coefficient (Wildman–Crippen LogP) is 6.37. The zero-order valence-corrected chi connectivity index (χ0v) is 23.8. The van der Waals surface area contributed by atoms with Crippen LogP contribution >= 0.6 is 0 Å². The maximum absolute atomic E-state index is 13.6. The van der Waals surface area contributed by atoms with Crippen molar-refractivity contribution in [3.63, 3.8) is 0 Å². The van der Waals surface area contributed by atoms with E-state index in [4.69, 9.17) is 0 Å². The summed E-state index contributed by atoms with van der Waals surface area (Å²) in [5, 5.41) is 0. The number of hydrogen-bond acceptors (Lipinski definition) is 2. The predicted molar refractivity (Wildman–Crippen MR) is 134 cm³/mol. The number of carbonyl (C=O) groups excluding carboxylic acids is 1. The van der Waals surface area contributed by atoms with E-state index in [2.05, 4.69) is 60.9 Å². The molecule has 3 nitrogen and oxygen atoms in total. The average Bonchev–Trinajstić information content (AvgIpc) is 2.82. The average molecular weight is 523 g/mol. The quantitative estimate of drug-likeness (QED) is 0.253. The molecule has 0 aromatic heterocycles. The van der Waals surface area contributed by atoms with Crippen molar-refractivity contribution in [3.05, 3.63) is 71.3 Å². The first-order chi connectivity index (χ1) is 15.6. The van der Waals surface area contributed by atoms with Crippen LogP contribution in [0.25, 0.3) is 0 Å². The fourth-order valence-corrected chi connectivity index (χ4v) is 4.54. The van der Waals surface area contributed by atoms with Crippen molar-refractivity contribution in [2.24, 2.45) is 5.92 Å². The molecule has 0 saturated carbocycles. The number of carbonyl (C=O) groups is 1. The van der Waals surface area contributed by atoms with Gasteiger partial charge in [-0.2, -0.15) is 30.3 Å². The zero-order chi connectivity index (χ0) is 22.8. The zero-order valence-electron chi connectivity index (χ0n) is 20.9. The van der Waals surface area contributed by atoms with Crippen molar-refractivity contribution in [2.45, 2.75) is 78.3 Å². The SMILES string of the molecule is CCCCCc1ccc(C(=O)N(Cc2cc[c-]cc2)C2CCN(CCC(C)C)CC2)cc1.[Y]. The molecule has 0 atom stereocenters. The number of amides is 1. The van der Waals surface area contributed by atoms with Crippen molar-refractivity contribution < 1.29 is 37.5 Å². The molecule has 0 bridgehead atoms. The number of benzene rings is 2. The smallest absolute Gasteiger partial charge is 0.254 e. The van der Waals surface area contributed by atoms with E-state index in [1.807, 2.05) is 24.3 Å². The van der Waals surface area contributed by atoms with Crippen molar-refractivity contribution in [1.82, 2.24) is 9.80 Å². The van der Waals surface area contributed by atoms with Crippen molar-refractivity contribution in [3.8, 4) is 0 Å². The van der Waals surface area contributed by atoms with Gasteiger partial charge in [0, 0.05) is 63.9 Å². The Balaban J connectivity index is 0.00000385. The number of aryl methyl sites for hydroxylation is 1. The maximum atomic E-state index is 13.6. The van der Waals surface area contributed by atoms with Crippen molar-refractivity contribution in [1.29, 1.82) is 0 Å². The van der Waals surface area contributed by atoms with Crippen LogP contribution in [-0.4, -0.2) is 41.4 Å². The molecule has 1 saturated heterocycles. The summed E-state index contributed by atoms with van der Waals surface area (Å²) < 4.78 is 0. The molecule has 2 aromatic carbocycles. The van der Waals surface area contributed by atoms with Gasteiger partial charge >= 0.3 is 0 Å². The number of rotatable bonds is 11. The van der Waals surface area contributed by atoms with Gasteiger partial charge in [0.15, 0.2) is 0 Å². The van der Waals surface area contributed by atoms with Gasteiger partial charge < -0.3 is 9.80 Å². The molecule has 4 heteroatoms. The minimum absolute atomic E-state index is 0. The fourth-order valence-electron chi connectivity index (χ4n) is 4.54. The van der Waals surface area contributed by atoms with Crippen LogP contribution in [0.15, 0.2) is 48.5 Å². The minimum atomic E-state index is 0. The van der Waals surface area contributed by atoms with E-state index >= 15 is 0 Å². The van der Waals surface area contributed by atoms with Gasteiger partial charge in [0.1, 0.15) is 0 Å². The monoisotopic (exact) mass is 522 g/mol. The Morgan fingerprint density at radius 2 is 1.70 bits per heavy atom. The van der Waals surface area contributed by atoms with Gasteiger partial charge in [-0.3, -0.25) is 4.79 Å². The molecule has 177 valence electrons. The Bertz CT molecular complexity index is 798. The van der Waals surface area contributed by atoms with Crippen LogP contribution in [0.2, 0.25) is 0 Å². The molecule has 1 fully saturated rings. The second-order valence-electron chi connectivity index (χ2n) is 9.75. The second kappa shape index (κ2) is 15.1. The van der Waals surface area contributed by atoms with Gasteiger partial charge in [0.05, 0.1) is 0 Å². The normalized spacial score (nSPS) is 14.8. The first-order valence-corrected chi connectivity index (χ1v) is 12.6. The number of piperidine rings is 1. The molecule has 3 rings (SSSR count). The second-order valence-corrected chi connectivity index (χ2v) is 9.75. The molecule has 1 aliphatic heterocycles. The van der Waals surface area contributed by atoms with E-state index in [0.717, 1.165) is 43.8 Å². The third-order valence-electron chi connectivity index (χ3n) is 6.69. The summed E-state index contributed by atoms with van der Waals surface area (Å²) in [4.78, 5) is 18.3. The molecular formula is C29H41N2OY-. The van der Waals surface area contributed by atoms with E-state index in [-0.39, 0.29) is 38.6 Å². The van der Waals surface area contributed by atoms with Gasteiger partial charge in [-0.25, -0.2) is 0 Å². The van der Waals surface area contributed by atoms with Crippen LogP contribution in [0.3, 0.4) is 0 Å². The van der Waals surface area contributed by atoms with E-state index in [0.29, 0.717) is 12.6 Å². The van der Waals surface area contributed by atoms with Gasteiger partial charge in [0.2, 0.25) is 0 Å². The van der Waals surface area contributed by atoms with E-state index < -0.39 is 0 Å². The van der Waals surface area contributed by atoms with Gasteiger partial charge in [-0.1, -0.05) is 45.7 Å². The minimum Gasteiger partial charge on any atom is -0.333 e. The molecule has 1 radical (unpaired) electrons.